The molecule has 1 saturated heterocycles. The summed E-state index contributed by atoms with van der Waals surface area (Å²) in [5.41, 5.74) is 2.97. The SMILES string of the molecule is C=CCc1cc(/C=C2/C(=O)NC(=O)N(c3ccc(C)c(Cl)c3)C2=O)cc(OC)c1OCc1ccc(Cl)cc1. The molecule has 0 spiro atoms. The summed E-state index contributed by atoms with van der Waals surface area (Å²) in [6, 6.07) is 14.6. The highest BCUT2D eigenvalue weighted by molar-refractivity contribution is 6.39. The number of urea groups is 1. The normalized spacial score (nSPS) is 14.5. The highest BCUT2D eigenvalue weighted by Crippen LogP contribution is 2.35. The minimum absolute atomic E-state index is 0.220. The first-order chi connectivity index (χ1) is 18.2. The van der Waals surface area contributed by atoms with E-state index in [-0.39, 0.29) is 17.9 Å². The molecular weight excluding hydrogens is 527 g/mol. The van der Waals surface area contributed by atoms with Gasteiger partial charge in [0.15, 0.2) is 11.5 Å². The first-order valence-electron chi connectivity index (χ1n) is 11.6. The number of hydrogen-bond donors (Lipinski definition) is 1. The molecule has 0 saturated carbocycles. The lowest BCUT2D eigenvalue weighted by atomic mass is 10.0. The van der Waals surface area contributed by atoms with Gasteiger partial charge in [-0.1, -0.05) is 47.5 Å². The molecule has 7 nitrogen and oxygen atoms in total. The molecule has 0 radical (unpaired) electrons. The average Bonchev–Trinajstić information content (AvgIpc) is 2.88. The molecule has 4 amide bonds. The van der Waals surface area contributed by atoms with E-state index < -0.39 is 17.8 Å². The summed E-state index contributed by atoms with van der Waals surface area (Å²) in [5.74, 6) is -0.658. The Morgan fingerprint density at radius 3 is 2.42 bits per heavy atom. The Morgan fingerprint density at radius 2 is 1.76 bits per heavy atom. The second-order valence-electron chi connectivity index (χ2n) is 8.51. The van der Waals surface area contributed by atoms with Gasteiger partial charge in [-0.05, 0) is 72.5 Å². The van der Waals surface area contributed by atoms with Crippen LogP contribution in [0.15, 0.2) is 72.8 Å². The number of benzene rings is 3. The van der Waals surface area contributed by atoms with Crippen molar-refractivity contribution < 1.29 is 23.9 Å². The number of methoxy groups -OCH3 is 1. The van der Waals surface area contributed by atoms with Gasteiger partial charge < -0.3 is 9.47 Å². The second-order valence-corrected chi connectivity index (χ2v) is 9.35. The number of imide groups is 2. The van der Waals surface area contributed by atoms with Gasteiger partial charge in [0, 0.05) is 15.6 Å². The van der Waals surface area contributed by atoms with E-state index in [2.05, 4.69) is 11.9 Å². The number of rotatable bonds is 8. The zero-order valence-electron chi connectivity index (χ0n) is 20.7. The van der Waals surface area contributed by atoms with Crippen LogP contribution in [0.3, 0.4) is 0 Å². The number of barbiturate groups is 1. The van der Waals surface area contributed by atoms with Gasteiger partial charge in [0.1, 0.15) is 12.2 Å². The predicted octanol–water partition coefficient (Wildman–Crippen LogP) is 6.28. The second kappa shape index (κ2) is 11.5. The van der Waals surface area contributed by atoms with E-state index in [0.29, 0.717) is 33.5 Å². The Labute approximate surface area is 230 Å². The molecule has 1 fully saturated rings. The number of carbonyl (C=O) groups excluding carboxylic acids is 3. The maximum Gasteiger partial charge on any atom is 0.335 e. The van der Waals surface area contributed by atoms with Gasteiger partial charge in [0.2, 0.25) is 0 Å². The predicted molar refractivity (Wildman–Crippen MR) is 148 cm³/mol. The van der Waals surface area contributed by atoms with E-state index in [4.69, 9.17) is 32.7 Å². The lowest BCUT2D eigenvalue weighted by Gasteiger charge is -2.26. The first-order valence-corrected chi connectivity index (χ1v) is 12.3. The minimum atomic E-state index is -0.854. The van der Waals surface area contributed by atoms with Crippen LogP contribution in [0.25, 0.3) is 6.08 Å². The molecule has 0 atom stereocenters. The molecule has 1 N–H and O–H groups in total. The van der Waals surface area contributed by atoms with E-state index in [9.17, 15) is 14.4 Å². The van der Waals surface area contributed by atoms with Crippen LogP contribution in [0.1, 0.15) is 22.3 Å². The number of aryl methyl sites for hydroxylation is 1. The summed E-state index contributed by atoms with van der Waals surface area (Å²) < 4.78 is 11.7. The first kappa shape index (κ1) is 27.0. The fraction of sp³-hybridized carbons (Fsp3) is 0.138. The van der Waals surface area contributed by atoms with Crippen molar-refractivity contribution >= 4 is 52.8 Å². The van der Waals surface area contributed by atoms with Crippen LogP contribution >= 0.6 is 23.2 Å². The number of nitrogens with zero attached hydrogens (tertiary/aromatic N) is 1. The van der Waals surface area contributed by atoms with Crippen molar-refractivity contribution in [1.82, 2.24) is 5.32 Å². The Kier molecular flexibility index (Phi) is 8.20. The van der Waals surface area contributed by atoms with Crippen LogP contribution in [0.5, 0.6) is 11.5 Å². The van der Waals surface area contributed by atoms with Gasteiger partial charge in [-0.25, -0.2) is 9.69 Å². The van der Waals surface area contributed by atoms with Gasteiger partial charge in [0.25, 0.3) is 11.8 Å². The summed E-state index contributed by atoms with van der Waals surface area (Å²) in [4.78, 5) is 39.4. The lowest BCUT2D eigenvalue weighted by molar-refractivity contribution is -0.122. The molecule has 194 valence electrons. The Hall–Kier alpha value is -4.07. The molecule has 3 aromatic rings. The Morgan fingerprint density at radius 1 is 1.03 bits per heavy atom. The van der Waals surface area contributed by atoms with E-state index in [1.165, 1.54) is 19.3 Å². The molecule has 4 rings (SSSR count). The van der Waals surface area contributed by atoms with Crippen LogP contribution in [0, 0.1) is 6.92 Å². The van der Waals surface area contributed by atoms with Crippen molar-refractivity contribution in [1.29, 1.82) is 0 Å². The van der Waals surface area contributed by atoms with E-state index in [0.717, 1.165) is 21.6 Å². The molecule has 0 aliphatic carbocycles. The molecule has 0 aromatic heterocycles. The van der Waals surface area contributed by atoms with Crippen LogP contribution in [-0.4, -0.2) is 25.0 Å². The molecule has 9 heteroatoms. The zero-order chi connectivity index (χ0) is 27.4. The average molecular weight is 551 g/mol. The third-order valence-electron chi connectivity index (χ3n) is 5.86. The molecule has 1 aliphatic heterocycles. The smallest absolute Gasteiger partial charge is 0.335 e. The number of amides is 4. The number of nitrogens with one attached hydrogen (secondary N) is 1. The number of halogens is 2. The third-order valence-corrected chi connectivity index (χ3v) is 6.52. The van der Waals surface area contributed by atoms with Crippen molar-refractivity contribution in [2.75, 3.05) is 12.0 Å². The maximum atomic E-state index is 13.3. The third kappa shape index (κ3) is 5.74. The standard InChI is InChI=1S/C29H24Cl2N2O5/c1-4-5-20-12-19(14-25(37-3)26(20)38-16-18-7-9-21(30)10-8-18)13-23-27(34)32-29(36)33(28(23)35)22-11-6-17(2)24(31)15-22/h4,6-15H,1,5,16H2,2-3H3,(H,32,34,36)/b23-13-. The lowest BCUT2D eigenvalue weighted by Crippen LogP contribution is -2.54. The van der Waals surface area contributed by atoms with Crippen LogP contribution in [0.2, 0.25) is 10.0 Å². The highest BCUT2D eigenvalue weighted by Gasteiger charge is 2.37. The molecule has 0 bridgehead atoms. The molecular formula is C29H24Cl2N2O5. The van der Waals surface area contributed by atoms with E-state index in [1.807, 2.05) is 12.1 Å². The summed E-state index contributed by atoms with van der Waals surface area (Å²) in [6.45, 7) is 5.89. The Bertz CT molecular complexity index is 1460. The number of carbonyl (C=O) groups is 3. The summed E-state index contributed by atoms with van der Waals surface area (Å²) >= 11 is 12.2. The fourth-order valence-corrected chi connectivity index (χ4v) is 4.21. The number of allylic oxidation sites excluding steroid dienone is 1. The van der Waals surface area contributed by atoms with Crippen molar-refractivity contribution in [3.63, 3.8) is 0 Å². The van der Waals surface area contributed by atoms with Crippen molar-refractivity contribution in [2.45, 2.75) is 20.0 Å². The molecule has 38 heavy (non-hydrogen) atoms. The van der Waals surface area contributed by atoms with Gasteiger partial charge >= 0.3 is 6.03 Å². The van der Waals surface area contributed by atoms with E-state index in [1.54, 1.807) is 49.4 Å². The van der Waals surface area contributed by atoms with Crippen molar-refractivity contribution in [3.8, 4) is 11.5 Å². The minimum Gasteiger partial charge on any atom is -0.493 e. The molecule has 0 unspecified atom stereocenters. The fourth-order valence-electron chi connectivity index (χ4n) is 3.91. The van der Waals surface area contributed by atoms with E-state index >= 15 is 0 Å². The number of hydrogen-bond acceptors (Lipinski definition) is 5. The number of ether oxygens (including phenoxy) is 2. The molecule has 1 aliphatic rings. The van der Waals surface area contributed by atoms with Crippen molar-refractivity contribution in [3.05, 3.63) is 105 Å². The topological polar surface area (TPSA) is 84.9 Å². The van der Waals surface area contributed by atoms with Crippen LogP contribution in [0.4, 0.5) is 10.5 Å². The highest BCUT2D eigenvalue weighted by atomic mass is 35.5. The zero-order valence-corrected chi connectivity index (χ0v) is 22.2. The monoisotopic (exact) mass is 550 g/mol. The summed E-state index contributed by atoms with van der Waals surface area (Å²) in [6.07, 6.45) is 3.56. The maximum absolute atomic E-state index is 13.3. The molecule has 1 heterocycles. The quantitative estimate of drug-likeness (QED) is 0.202. The Balaban J connectivity index is 1.70. The van der Waals surface area contributed by atoms with Gasteiger partial charge in [-0.15, -0.1) is 6.58 Å². The van der Waals surface area contributed by atoms with Crippen LogP contribution in [-0.2, 0) is 22.6 Å². The van der Waals surface area contributed by atoms with Gasteiger partial charge in [-0.2, -0.15) is 0 Å². The summed E-state index contributed by atoms with van der Waals surface area (Å²) in [7, 11) is 1.50. The van der Waals surface area contributed by atoms with Gasteiger partial charge in [0.05, 0.1) is 12.8 Å². The van der Waals surface area contributed by atoms with Gasteiger partial charge in [-0.3, -0.25) is 14.9 Å². The molecule has 3 aromatic carbocycles. The summed E-state index contributed by atoms with van der Waals surface area (Å²) in [5, 5.41) is 3.23. The van der Waals surface area contributed by atoms with Crippen LogP contribution < -0.4 is 19.7 Å². The largest absolute Gasteiger partial charge is 0.493 e. The van der Waals surface area contributed by atoms with Crippen molar-refractivity contribution in [2.24, 2.45) is 0 Å². The number of anilines is 1.